The third-order valence-corrected chi connectivity index (χ3v) is 3.57. The van der Waals surface area contributed by atoms with Gasteiger partial charge < -0.3 is 15.2 Å². The molecule has 132 valence electrons. The van der Waals surface area contributed by atoms with E-state index in [-0.39, 0.29) is 35.8 Å². The fourth-order valence-corrected chi connectivity index (χ4v) is 2.26. The lowest BCUT2D eigenvalue weighted by atomic mass is 10.3. The number of phenols is 1. The van der Waals surface area contributed by atoms with Crippen molar-refractivity contribution in [1.82, 2.24) is 9.78 Å². The number of aromatic hydroxyl groups is 1. The molecular formula is C19H17N3O4. The van der Waals surface area contributed by atoms with Crippen LogP contribution in [0, 0.1) is 0 Å². The summed E-state index contributed by atoms with van der Waals surface area (Å²) in [4.78, 5) is 24.2. The maximum absolute atomic E-state index is 12.3. The number of nitrogens with zero attached hydrogens (tertiary/aromatic N) is 2. The summed E-state index contributed by atoms with van der Waals surface area (Å²) < 4.78 is 6.71. The highest BCUT2D eigenvalue weighted by molar-refractivity contribution is 6.03. The molecule has 0 saturated heterocycles. The van der Waals surface area contributed by atoms with Gasteiger partial charge in [-0.15, -0.1) is 0 Å². The third-order valence-electron chi connectivity index (χ3n) is 3.57. The van der Waals surface area contributed by atoms with E-state index in [0.717, 1.165) is 0 Å². The summed E-state index contributed by atoms with van der Waals surface area (Å²) in [6.07, 6.45) is 0. The maximum atomic E-state index is 12.3. The molecule has 3 aromatic rings. The van der Waals surface area contributed by atoms with Crippen LogP contribution in [0.2, 0.25) is 0 Å². The second-order valence-electron chi connectivity index (χ2n) is 5.41. The van der Waals surface area contributed by atoms with Gasteiger partial charge in [-0.2, -0.15) is 5.10 Å². The highest BCUT2D eigenvalue weighted by Gasteiger charge is 2.12. The normalized spacial score (nSPS) is 10.3. The van der Waals surface area contributed by atoms with Crippen molar-refractivity contribution in [3.05, 3.63) is 82.8 Å². The molecule has 1 amide bonds. The molecule has 7 nitrogen and oxygen atoms in total. The number of nitrogens with one attached hydrogen (secondary N) is 1. The van der Waals surface area contributed by atoms with Gasteiger partial charge in [0.25, 0.3) is 11.5 Å². The van der Waals surface area contributed by atoms with Crippen LogP contribution in [-0.2, 0) is 6.54 Å². The molecule has 0 spiro atoms. The number of carbonyl (C=O) groups is 1. The second-order valence-corrected chi connectivity index (χ2v) is 5.41. The van der Waals surface area contributed by atoms with Gasteiger partial charge in [-0.3, -0.25) is 9.59 Å². The number of amides is 1. The molecule has 0 aliphatic rings. The molecule has 7 heteroatoms. The van der Waals surface area contributed by atoms with E-state index in [1.165, 1.54) is 22.9 Å². The Kier molecular flexibility index (Phi) is 5.28. The van der Waals surface area contributed by atoms with Crippen molar-refractivity contribution in [2.75, 3.05) is 11.9 Å². The standard InChI is InChI=1S/C19H17N3O4/c23-17-9-5-4-8-15(17)20-19(25)16-10-11-18(24)22(21-16)12-13-26-14-6-2-1-3-7-14/h1-11,23H,12-13H2,(H,20,25). The molecule has 0 unspecified atom stereocenters. The lowest BCUT2D eigenvalue weighted by molar-refractivity contribution is 0.101. The van der Waals surface area contributed by atoms with Gasteiger partial charge in [0.15, 0.2) is 0 Å². The van der Waals surface area contributed by atoms with E-state index < -0.39 is 5.91 Å². The number of rotatable bonds is 6. The van der Waals surface area contributed by atoms with E-state index in [9.17, 15) is 14.7 Å². The highest BCUT2D eigenvalue weighted by Crippen LogP contribution is 2.21. The molecule has 1 heterocycles. The number of carbonyl (C=O) groups excluding carboxylic acids is 1. The van der Waals surface area contributed by atoms with Crippen LogP contribution < -0.4 is 15.6 Å². The summed E-state index contributed by atoms with van der Waals surface area (Å²) >= 11 is 0. The fourth-order valence-electron chi connectivity index (χ4n) is 2.26. The zero-order valence-corrected chi connectivity index (χ0v) is 13.8. The first-order valence-corrected chi connectivity index (χ1v) is 7.99. The average Bonchev–Trinajstić information content (AvgIpc) is 2.66. The molecule has 26 heavy (non-hydrogen) atoms. The number of hydrogen-bond donors (Lipinski definition) is 2. The SMILES string of the molecule is O=C(Nc1ccccc1O)c1ccc(=O)n(CCOc2ccccc2)n1. The van der Waals surface area contributed by atoms with Crippen molar-refractivity contribution in [2.45, 2.75) is 6.54 Å². The van der Waals surface area contributed by atoms with Gasteiger partial charge in [0.05, 0.1) is 12.2 Å². The number of para-hydroxylation sites is 3. The minimum Gasteiger partial charge on any atom is -0.506 e. The van der Waals surface area contributed by atoms with Crippen molar-refractivity contribution < 1.29 is 14.6 Å². The van der Waals surface area contributed by atoms with Gasteiger partial charge in [-0.05, 0) is 30.3 Å². The first-order valence-electron chi connectivity index (χ1n) is 7.99. The maximum Gasteiger partial charge on any atom is 0.276 e. The molecule has 0 atom stereocenters. The molecule has 0 fully saturated rings. The summed E-state index contributed by atoms with van der Waals surface area (Å²) in [6.45, 7) is 0.437. The van der Waals surface area contributed by atoms with E-state index in [0.29, 0.717) is 5.75 Å². The number of phenolic OH excluding ortho intramolecular Hbond substituents is 1. The molecule has 0 aliphatic heterocycles. The largest absolute Gasteiger partial charge is 0.506 e. The Morgan fingerprint density at radius 1 is 1.04 bits per heavy atom. The summed E-state index contributed by atoms with van der Waals surface area (Å²) in [5.74, 6) is 0.114. The zero-order valence-electron chi connectivity index (χ0n) is 13.8. The minimum absolute atomic E-state index is 0.0505. The second kappa shape index (κ2) is 7.98. The average molecular weight is 351 g/mol. The van der Waals surface area contributed by atoms with E-state index in [1.54, 1.807) is 18.2 Å². The molecule has 0 bridgehead atoms. The Balaban J connectivity index is 1.68. The molecule has 0 radical (unpaired) electrons. The number of anilines is 1. The van der Waals surface area contributed by atoms with Gasteiger partial charge in [0.2, 0.25) is 0 Å². The van der Waals surface area contributed by atoms with Crippen molar-refractivity contribution in [3.63, 3.8) is 0 Å². The van der Waals surface area contributed by atoms with Crippen LogP contribution >= 0.6 is 0 Å². The Hall–Kier alpha value is -3.61. The Labute approximate surface area is 149 Å². The van der Waals surface area contributed by atoms with Crippen LogP contribution in [-0.4, -0.2) is 27.4 Å². The van der Waals surface area contributed by atoms with Crippen LogP contribution in [0.4, 0.5) is 5.69 Å². The number of benzene rings is 2. The van der Waals surface area contributed by atoms with Gasteiger partial charge >= 0.3 is 0 Å². The Bertz CT molecular complexity index is 954. The van der Waals surface area contributed by atoms with Crippen molar-refractivity contribution in [2.24, 2.45) is 0 Å². The van der Waals surface area contributed by atoms with Gasteiger partial charge in [-0.1, -0.05) is 30.3 Å². The van der Waals surface area contributed by atoms with Crippen molar-refractivity contribution in [1.29, 1.82) is 0 Å². The van der Waals surface area contributed by atoms with E-state index in [4.69, 9.17) is 4.74 Å². The van der Waals surface area contributed by atoms with Gasteiger partial charge in [0, 0.05) is 6.07 Å². The summed E-state index contributed by atoms with van der Waals surface area (Å²) in [7, 11) is 0. The van der Waals surface area contributed by atoms with Gasteiger partial charge in [0.1, 0.15) is 23.8 Å². The summed E-state index contributed by atoms with van der Waals surface area (Å²) in [5, 5.41) is 16.3. The van der Waals surface area contributed by atoms with Gasteiger partial charge in [-0.25, -0.2) is 4.68 Å². The third kappa shape index (κ3) is 4.27. The van der Waals surface area contributed by atoms with Crippen molar-refractivity contribution >= 4 is 11.6 Å². The van der Waals surface area contributed by atoms with E-state index >= 15 is 0 Å². The topological polar surface area (TPSA) is 93.5 Å². The minimum atomic E-state index is -0.524. The lowest BCUT2D eigenvalue weighted by Gasteiger charge is -2.09. The van der Waals surface area contributed by atoms with E-state index in [1.807, 2.05) is 30.3 Å². The van der Waals surface area contributed by atoms with Crippen LogP contribution in [0.3, 0.4) is 0 Å². The number of aromatic nitrogens is 2. The summed E-state index contributed by atoms with van der Waals surface area (Å²) in [5.41, 5.74) is -0.00204. The van der Waals surface area contributed by atoms with Crippen molar-refractivity contribution in [3.8, 4) is 11.5 Å². The smallest absolute Gasteiger partial charge is 0.276 e. The fraction of sp³-hybridized carbons (Fsp3) is 0.105. The zero-order chi connectivity index (χ0) is 18.4. The first-order chi connectivity index (χ1) is 12.6. The predicted molar refractivity (Wildman–Crippen MR) is 96.5 cm³/mol. The monoisotopic (exact) mass is 351 g/mol. The molecule has 0 aliphatic carbocycles. The molecule has 2 aromatic carbocycles. The Morgan fingerprint density at radius 2 is 1.77 bits per heavy atom. The van der Waals surface area contributed by atoms with Crippen LogP contribution in [0.5, 0.6) is 11.5 Å². The summed E-state index contributed by atoms with van der Waals surface area (Å²) in [6, 6.07) is 18.2. The lowest BCUT2D eigenvalue weighted by Crippen LogP contribution is -2.28. The molecule has 0 saturated carbocycles. The number of ether oxygens (including phenoxy) is 1. The highest BCUT2D eigenvalue weighted by atomic mass is 16.5. The number of hydrogen-bond acceptors (Lipinski definition) is 5. The molecule has 3 rings (SSSR count). The first kappa shape index (κ1) is 17.2. The molecule has 2 N–H and O–H groups in total. The Morgan fingerprint density at radius 3 is 2.54 bits per heavy atom. The molecular weight excluding hydrogens is 334 g/mol. The van der Waals surface area contributed by atoms with Crippen LogP contribution in [0.25, 0.3) is 0 Å². The molecule has 1 aromatic heterocycles. The van der Waals surface area contributed by atoms with E-state index in [2.05, 4.69) is 10.4 Å². The predicted octanol–water partition coefficient (Wildman–Crippen LogP) is 2.28. The van der Waals surface area contributed by atoms with Crippen LogP contribution in [0.1, 0.15) is 10.5 Å². The quantitative estimate of drug-likeness (QED) is 0.665. The van der Waals surface area contributed by atoms with Crippen LogP contribution in [0.15, 0.2) is 71.5 Å².